The van der Waals surface area contributed by atoms with Gasteiger partial charge in [0.2, 0.25) is 17.7 Å². The minimum absolute atomic E-state index is 0.0260. The van der Waals surface area contributed by atoms with Crippen LogP contribution >= 0.6 is 46.1 Å². The number of fused-ring (bicyclic) bond motifs is 2. The molecule has 1 aliphatic heterocycles. The second-order valence-corrected chi connectivity index (χ2v) is 17.1. The Morgan fingerprint density at radius 1 is 0.955 bits per heavy atom. The van der Waals surface area contributed by atoms with E-state index in [4.69, 9.17) is 49.4 Å². The Balaban J connectivity index is 0.804. The van der Waals surface area contributed by atoms with Crippen LogP contribution in [0.4, 0.5) is 11.4 Å². The Bertz CT molecular complexity index is 2900. The van der Waals surface area contributed by atoms with Crippen LogP contribution in [0.15, 0.2) is 125 Å². The molecule has 1 atom stereocenters. The number of nitrogens with zero attached hydrogens (tertiary/aromatic N) is 6. The van der Waals surface area contributed by atoms with Crippen molar-refractivity contribution in [2.45, 2.75) is 38.5 Å². The molecule has 8 rings (SSSR count). The number of hydrogen-bond donors (Lipinski definition) is 4. The van der Waals surface area contributed by atoms with Gasteiger partial charge in [0.05, 0.1) is 34.5 Å². The molecule has 338 valence electrons. The van der Waals surface area contributed by atoms with E-state index in [1.165, 1.54) is 16.2 Å². The van der Waals surface area contributed by atoms with Crippen molar-refractivity contribution in [3.05, 3.63) is 152 Å². The van der Waals surface area contributed by atoms with Crippen LogP contribution in [0.5, 0.6) is 11.6 Å². The van der Waals surface area contributed by atoms with E-state index < -0.39 is 11.9 Å². The highest BCUT2D eigenvalue weighted by atomic mass is 35.5. The zero-order valence-electron chi connectivity index (χ0n) is 35.1. The third kappa shape index (κ3) is 10.9. The fraction of sp³-hybridized carbons (Fsp3) is 0.213. The van der Waals surface area contributed by atoms with Crippen molar-refractivity contribution in [2.24, 2.45) is 10.1 Å². The highest BCUT2D eigenvalue weighted by molar-refractivity contribution is 7.10. The van der Waals surface area contributed by atoms with Gasteiger partial charge in [-0.15, -0.1) is 28.0 Å². The standard InChI is InChI=1S/C47H42Cl3N9O6S/c48-26-41(61)59(45(39-12-6-23-66-39)47(63)52-20-17-29-8-2-1-3-9-29)32-14-16-38(35(50)25-32)64-28-31-27-58(57-55-31)21-18-40(60)51-19-7-22-65-56-43-34-10-4-5-11-36(34)53-44(43)42-33-15-13-30(49)24-37(33)54-46(42)62/h1-6,8-16,23-25,27,45,54,62H,7,17-22,26,28H2,(H,51,60)(H,52,63)/b56-43+. The summed E-state index contributed by atoms with van der Waals surface area (Å²) in [5.74, 6) is -1.09. The summed E-state index contributed by atoms with van der Waals surface area (Å²) in [6.45, 7) is 1.26. The smallest absolute Gasteiger partial charge is 0.248 e. The van der Waals surface area contributed by atoms with Gasteiger partial charge in [-0.3, -0.25) is 24.0 Å². The van der Waals surface area contributed by atoms with Crippen molar-refractivity contribution >= 4 is 97.6 Å². The largest absolute Gasteiger partial charge is 0.494 e. The maximum absolute atomic E-state index is 13.7. The molecule has 0 saturated heterocycles. The van der Waals surface area contributed by atoms with E-state index in [2.05, 4.69) is 31.1 Å². The fourth-order valence-electron chi connectivity index (χ4n) is 7.33. The summed E-state index contributed by atoms with van der Waals surface area (Å²) in [7, 11) is 0. The Kier molecular flexibility index (Phi) is 14.9. The summed E-state index contributed by atoms with van der Waals surface area (Å²) in [6.07, 6.45) is 2.95. The van der Waals surface area contributed by atoms with E-state index in [1.807, 2.05) is 72.1 Å². The number of H-pyrrole nitrogens is 1. The second-order valence-electron chi connectivity index (χ2n) is 15.0. The molecule has 3 aromatic heterocycles. The lowest BCUT2D eigenvalue weighted by atomic mass is 10.0. The summed E-state index contributed by atoms with van der Waals surface area (Å²) < 4.78 is 7.51. The number of amides is 3. The third-order valence-corrected chi connectivity index (χ3v) is 12.1. The van der Waals surface area contributed by atoms with Crippen LogP contribution in [0.1, 0.15) is 46.1 Å². The molecule has 4 aromatic carbocycles. The number of aromatic hydroxyl groups is 1. The van der Waals surface area contributed by atoms with Gasteiger partial charge >= 0.3 is 0 Å². The van der Waals surface area contributed by atoms with Crippen molar-refractivity contribution in [1.82, 2.24) is 30.6 Å². The number of carbonyl (C=O) groups is 3. The lowest BCUT2D eigenvalue weighted by molar-refractivity contribution is -0.125. The number of oxime groups is 1. The Morgan fingerprint density at radius 3 is 2.59 bits per heavy atom. The molecule has 4 N–H and O–H groups in total. The SMILES string of the molecule is O=C(CCn1cc(COc2ccc(N(C(=O)CCl)C(C(=O)NCCc3ccccc3)c3cccs3)cc2Cl)nn1)NCCCO/N=C1/C(c2c(O)[nH]c3cc(Cl)ccc23)=Nc2ccccc21. The summed E-state index contributed by atoms with van der Waals surface area (Å²) >= 11 is 20.3. The molecular weight excluding hydrogens is 925 g/mol. The van der Waals surface area contributed by atoms with Gasteiger partial charge in [0.15, 0.2) is 5.88 Å². The summed E-state index contributed by atoms with van der Waals surface area (Å²) in [5, 5.41) is 32.7. The van der Waals surface area contributed by atoms with E-state index in [0.29, 0.717) is 81.2 Å². The fourth-order valence-corrected chi connectivity index (χ4v) is 8.67. The van der Waals surface area contributed by atoms with Gasteiger partial charge in [0.1, 0.15) is 48.0 Å². The number of aryl methyl sites for hydroxylation is 1. The van der Waals surface area contributed by atoms with Crippen LogP contribution in [0.25, 0.3) is 10.9 Å². The van der Waals surface area contributed by atoms with Crippen molar-refractivity contribution < 1.29 is 29.1 Å². The van der Waals surface area contributed by atoms with Gasteiger partial charge in [-0.1, -0.05) is 94.2 Å². The molecule has 0 aliphatic carbocycles. The van der Waals surface area contributed by atoms with E-state index >= 15 is 0 Å². The molecule has 0 spiro atoms. The van der Waals surface area contributed by atoms with Crippen molar-refractivity contribution in [1.29, 1.82) is 0 Å². The molecule has 0 bridgehead atoms. The minimum atomic E-state index is -0.983. The quantitative estimate of drug-likeness (QED) is 0.0332. The molecule has 4 heterocycles. The van der Waals surface area contributed by atoms with Gasteiger partial charge in [-0.05, 0) is 59.8 Å². The Hall–Kier alpha value is -6.72. The van der Waals surface area contributed by atoms with E-state index in [9.17, 15) is 19.5 Å². The molecule has 0 fully saturated rings. The van der Waals surface area contributed by atoms with Crippen LogP contribution in [0.3, 0.4) is 0 Å². The number of para-hydroxylation sites is 1. The predicted octanol–water partition coefficient (Wildman–Crippen LogP) is 8.54. The second kappa shape index (κ2) is 21.5. The maximum atomic E-state index is 13.7. The topological polar surface area (TPSA) is 188 Å². The van der Waals surface area contributed by atoms with Gasteiger partial charge in [-0.2, -0.15) is 0 Å². The first-order valence-electron chi connectivity index (χ1n) is 20.9. The van der Waals surface area contributed by atoms with Crippen LogP contribution in [-0.2, 0) is 38.8 Å². The summed E-state index contributed by atoms with van der Waals surface area (Å²) in [4.78, 5) is 55.2. The van der Waals surface area contributed by atoms with E-state index in [1.54, 1.807) is 47.3 Å². The number of halogens is 3. The molecule has 3 amide bonds. The molecule has 15 nitrogen and oxygen atoms in total. The number of aromatic amines is 1. The van der Waals surface area contributed by atoms with Crippen molar-refractivity contribution in [2.75, 3.05) is 30.5 Å². The first-order chi connectivity index (χ1) is 32.2. The minimum Gasteiger partial charge on any atom is -0.494 e. The summed E-state index contributed by atoms with van der Waals surface area (Å²) in [5.41, 5.74) is 5.54. The zero-order valence-corrected chi connectivity index (χ0v) is 38.2. The van der Waals surface area contributed by atoms with Crippen molar-refractivity contribution in [3.8, 4) is 11.6 Å². The number of thiophene rings is 1. The maximum Gasteiger partial charge on any atom is 0.248 e. The number of carbonyl (C=O) groups excluding carboxylic acids is 3. The molecule has 0 saturated carbocycles. The first-order valence-corrected chi connectivity index (χ1v) is 23.0. The number of anilines is 1. The number of aromatic nitrogens is 4. The summed E-state index contributed by atoms with van der Waals surface area (Å²) in [6, 6.07) is 30.1. The van der Waals surface area contributed by atoms with Crippen LogP contribution < -0.4 is 20.3 Å². The van der Waals surface area contributed by atoms with Crippen LogP contribution in [0.2, 0.25) is 10.0 Å². The van der Waals surface area contributed by atoms with Gasteiger partial charge in [0, 0.05) is 52.5 Å². The first kappa shape index (κ1) is 45.8. The molecule has 1 aliphatic rings. The van der Waals surface area contributed by atoms with E-state index in [0.717, 1.165) is 16.5 Å². The number of benzene rings is 4. The number of rotatable bonds is 20. The number of aliphatic imine (C=N–C) groups is 1. The average molecular weight is 967 g/mol. The van der Waals surface area contributed by atoms with Crippen LogP contribution in [0, 0.1) is 0 Å². The molecule has 66 heavy (non-hydrogen) atoms. The van der Waals surface area contributed by atoms with Crippen LogP contribution in [-0.4, -0.2) is 79.8 Å². The Morgan fingerprint density at radius 2 is 1.79 bits per heavy atom. The molecule has 19 heteroatoms. The highest BCUT2D eigenvalue weighted by Gasteiger charge is 2.34. The third-order valence-electron chi connectivity index (χ3n) is 10.5. The predicted molar refractivity (Wildman–Crippen MR) is 257 cm³/mol. The van der Waals surface area contributed by atoms with Gasteiger partial charge < -0.3 is 30.3 Å². The lowest BCUT2D eigenvalue weighted by Crippen LogP contribution is -2.44. The normalized spacial score (nSPS) is 13.0. The number of nitrogens with one attached hydrogen (secondary N) is 3. The van der Waals surface area contributed by atoms with E-state index in [-0.39, 0.29) is 54.8 Å². The van der Waals surface area contributed by atoms with Crippen molar-refractivity contribution in [3.63, 3.8) is 0 Å². The van der Waals surface area contributed by atoms with Gasteiger partial charge in [0.25, 0.3) is 0 Å². The molecular formula is C47H42Cl3N9O6S. The number of ether oxygens (including phenoxy) is 1. The zero-order chi connectivity index (χ0) is 46.0. The highest BCUT2D eigenvalue weighted by Crippen LogP contribution is 2.38. The molecule has 7 aromatic rings. The molecule has 1 unspecified atom stereocenters. The number of alkyl halides is 1. The lowest BCUT2D eigenvalue weighted by Gasteiger charge is -2.30. The number of hydrogen-bond acceptors (Lipinski definition) is 11. The van der Waals surface area contributed by atoms with Gasteiger partial charge in [-0.25, -0.2) is 4.99 Å². The molecule has 0 radical (unpaired) electrons. The average Bonchev–Trinajstić information content (AvgIpc) is 4.15. The monoisotopic (exact) mass is 965 g/mol. The Labute approximate surface area is 398 Å².